The minimum atomic E-state index is -1.83. The number of hydrogen-bond donors (Lipinski definition) is 10. The Morgan fingerprint density at radius 2 is 1.30 bits per heavy atom. The number of esters is 1. The first-order valence-electron chi connectivity index (χ1n) is 16.4. The van der Waals surface area contributed by atoms with Gasteiger partial charge < -0.3 is 79.5 Å². The van der Waals surface area contributed by atoms with Gasteiger partial charge in [0.25, 0.3) is 11.9 Å². The van der Waals surface area contributed by atoms with Crippen LogP contribution in [0.25, 0.3) is 12.2 Å². The Labute approximate surface area is 301 Å². The highest BCUT2D eigenvalue weighted by molar-refractivity contribution is 5.87. The summed E-state index contributed by atoms with van der Waals surface area (Å²) >= 11 is 0. The molecule has 0 bridgehead atoms. The monoisotopic (exact) mass is 743 g/mol. The summed E-state index contributed by atoms with van der Waals surface area (Å²) in [4.78, 5) is 12.4. The summed E-state index contributed by atoms with van der Waals surface area (Å²) in [6.07, 6.45) is -13.6. The minimum Gasteiger partial charge on any atom is -0.571 e. The number of aliphatic hydroxyl groups is 8. The van der Waals surface area contributed by atoms with Crippen LogP contribution in [0.1, 0.15) is 22.8 Å². The van der Waals surface area contributed by atoms with Crippen LogP contribution in [0.2, 0.25) is 0 Å². The van der Waals surface area contributed by atoms with Crippen molar-refractivity contribution in [3.8, 4) is 28.7 Å². The van der Waals surface area contributed by atoms with Crippen molar-refractivity contribution in [3.05, 3.63) is 89.2 Å². The molecule has 53 heavy (non-hydrogen) atoms. The van der Waals surface area contributed by atoms with Crippen molar-refractivity contribution in [2.24, 2.45) is 0 Å². The number of carbonyl (C=O) groups excluding carboxylic acids is 1. The number of phenolic OH excluding ortho intramolecular Hbond substituents is 3. The standard InChI is InChI=1S/C36H38O17/c37-14-25-28(42)30(44)32(46)35(52-25)50-23-12-20(40)11-22-21(23)13-24(34(49-22)17-4-8-19(39)9-5-17)51-36-33(47)31(45)29(43)26(53-36)15-48-27(41)10-3-16-1-6-18(38)7-2-16/h1-13,25-26,28-40,42-47H,14-15H2/p+1/b10-3-/t25-,26+,28-,29-,30+,31+,32+,33-,34?,35-,36-/m1/s1. The van der Waals surface area contributed by atoms with E-state index < -0.39 is 86.7 Å². The van der Waals surface area contributed by atoms with Crippen molar-refractivity contribution in [1.82, 2.24) is 0 Å². The summed E-state index contributed by atoms with van der Waals surface area (Å²) in [7, 11) is 0. The second-order valence-electron chi connectivity index (χ2n) is 12.5. The second-order valence-corrected chi connectivity index (χ2v) is 12.5. The summed E-state index contributed by atoms with van der Waals surface area (Å²) in [5, 5.41) is 103. The van der Waals surface area contributed by atoms with Gasteiger partial charge in [-0.05, 0) is 48.0 Å². The summed E-state index contributed by atoms with van der Waals surface area (Å²) in [5.41, 5.74) is 1.19. The Kier molecular flexibility index (Phi) is 11.4. The highest BCUT2D eigenvalue weighted by atomic mass is 16.7. The number of fused-ring (bicyclic) bond motifs is 1. The van der Waals surface area contributed by atoms with Crippen LogP contribution in [-0.2, 0) is 23.7 Å². The van der Waals surface area contributed by atoms with E-state index in [4.69, 9.17) is 23.7 Å². The van der Waals surface area contributed by atoms with Crippen LogP contribution in [0.3, 0.4) is 0 Å². The van der Waals surface area contributed by atoms with Gasteiger partial charge in [-0.15, -0.1) is 0 Å². The summed E-state index contributed by atoms with van der Waals surface area (Å²) in [5.74, 6) is -1.20. The van der Waals surface area contributed by atoms with E-state index >= 15 is 0 Å². The number of ether oxygens (including phenoxy) is 6. The Morgan fingerprint density at radius 3 is 1.94 bits per heavy atom. The zero-order valence-corrected chi connectivity index (χ0v) is 27.6. The van der Waals surface area contributed by atoms with Crippen molar-refractivity contribution in [3.63, 3.8) is 0 Å². The average molecular weight is 744 g/mol. The molecule has 0 aromatic heterocycles. The second kappa shape index (κ2) is 16.0. The molecule has 3 aliphatic rings. The quantitative estimate of drug-likeness (QED) is 0.0705. The molecule has 2 fully saturated rings. The molecule has 0 radical (unpaired) electrons. The number of aromatic hydroxyl groups is 4. The highest BCUT2D eigenvalue weighted by Gasteiger charge is 2.48. The Hall–Kier alpha value is -4.95. The van der Waals surface area contributed by atoms with Gasteiger partial charge in [-0.1, -0.05) is 12.1 Å². The molecule has 0 aliphatic carbocycles. The third-order valence-electron chi connectivity index (χ3n) is 8.85. The zero-order chi connectivity index (χ0) is 38.0. The van der Waals surface area contributed by atoms with E-state index in [1.807, 2.05) is 0 Å². The van der Waals surface area contributed by atoms with Gasteiger partial charge in [0.2, 0.25) is 12.6 Å². The van der Waals surface area contributed by atoms with Crippen molar-refractivity contribution in [2.75, 3.05) is 13.2 Å². The van der Waals surface area contributed by atoms with Crippen molar-refractivity contribution >= 4 is 18.1 Å². The molecule has 284 valence electrons. The van der Waals surface area contributed by atoms with Gasteiger partial charge in [-0.2, -0.15) is 0 Å². The molecule has 17 nitrogen and oxygen atoms in total. The first-order valence-corrected chi connectivity index (χ1v) is 16.4. The third-order valence-corrected chi connectivity index (χ3v) is 8.85. The highest BCUT2D eigenvalue weighted by Crippen LogP contribution is 2.46. The Bertz CT molecular complexity index is 1790. The number of rotatable bonds is 10. The fraction of sp³-hybridized carbons (Fsp3) is 0.361. The molecule has 3 aromatic carbocycles. The topological polar surface area (TPSA) is 278 Å². The lowest BCUT2D eigenvalue weighted by molar-refractivity contribution is -0.296. The molecule has 3 aliphatic heterocycles. The lowest BCUT2D eigenvalue weighted by atomic mass is 9.98. The molecular weight excluding hydrogens is 704 g/mol. The summed E-state index contributed by atoms with van der Waals surface area (Å²) in [6.45, 7) is -1.28. The predicted molar refractivity (Wildman–Crippen MR) is 179 cm³/mol. The number of carbonyl (C=O) groups is 1. The molecule has 3 aromatic rings. The van der Waals surface area contributed by atoms with Crippen molar-refractivity contribution < 1.29 is 84.3 Å². The average Bonchev–Trinajstić information content (AvgIpc) is 3.14. The smallest absolute Gasteiger partial charge is 0.330 e. The zero-order valence-electron chi connectivity index (χ0n) is 27.6. The van der Waals surface area contributed by atoms with Crippen molar-refractivity contribution in [2.45, 2.75) is 67.5 Å². The lowest BCUT2D eigenvalue weighted by Gasteiger charge is -2.41. The van der Waals surface area contributed by atoms with Gasteiger partial charge in [0.15, 0.2) is 5.76 Å². The van der Waals surface area contributed by atoms with E-state index in [9.17, 15) is 55.9 Å². The predicted octanol–water partition coefficient (Wildman–Crippen LogP) is -0.600. The van der Waals surface area contributed by atoms with Crippen LogP contribution < -0.4 is 4.74 Å². The molecule has 17 heteroatoms. The van der Waals surface area contributed by atoms with Crippen LogP contribution in [0.4, 0.5) is 0 Å². The Morgan fingerprint density at radius 1 is 0.717 bits per heavy atom. The van der Waals surface area contributed by atoms with Gasteiger partial charge in [-0.3, -0.25) is 0 Å². The molecule has 1 unspecified atom stereocenters. The maximum absolute atomic E-state index is 12.4. The van der Waals surface area contributed by atoms with E-state index in [0.717, 1.165) is 12.1 Å². The van der Waals surface area contributed by atoms with Gasteiger partial charge in [0.05, 0.1) is 18.2 Å². The normalized spacial score (nSPS) is 31.2. The molecule has 11 N–H and O–H groups in total. The van der Waals surface area contributed by atoms with Gasteiger partial charge >= 0.3 is 5.97 Å². The molecular formula is C36H39O17+. The minimum absolute atomic E-state index is 0.0345. The van der Waals surface area contributed by atoms with Crippen LogP contribution in [0.15, 0.2) is 72.5 Å². The maximum Gasteiger partial charge on any atom is 0.330 e. The molecule has 0 spiro atoms. The first kappa shape index (κ1) is 37.8. The van der Waals surface area contributed by atoms with Crippen LogP contribution in [-0.4, -0.2) is 136 Å². The summed E-state index contributed by atoms with van der Waals surface area (Å²) in [6, 6.07) is 14.3. The first-order chi connectivity index (χ1) is 25.3. The van der Waals surface area contributed by atoms with E-state index in [2.05, 4.69) is 4.74 Å². The van der Waals surface area contributed by atoms with Crippen molar-refractivity contribution in [1.29, 1.82) is 0 Å². The van der Waals surface area contributed by atoms with Gasteiger partial charge in [0, 0.05) is 18.2 Å². The molecule has 6 rings (SSSR count). The fourth-order valence-corrected chi connectivity index (χ4v) is 5.90. The molecule has 0 saturated carbocycles. The van der Waals surface area contributed by atoms with E-state index in [-0.39, 0.29) is 40.1 Å². The van der Waals surface area contributed by atoms with Gasteiger partial charge in [0.1, 0.15) is 84.0 Å². The SMILES string of the molecule is O=C(/C=C\c1ccc(O)cc1)OC[C@@H]1O[C@@H](OC2=Cc3c(O[C@@H]4O[C@H](CO)[C@@H](O)[C@H](O)[C@@H]4O)cc(O)cc3[OH+]C2c2ccc(O)cc2)[C@H](O)[C@@H](O)[C@@H]1O. The number of phenols is 3. The van der Waals surface area contributed by atoms with Gasteiger partial charge in [-0.25, -0.2) is 4.79 Å². The maximum atomic E-state index is 12.4. The van der Waals surface area contributed by atoms with Crippen LogP contribution in [0.5, 0.6) is 28.7 Å². The van der Waals surface area contributed by atoms with Crippen LogP contribution >= 0.6 is 0 Å². The van der Waals surface area contributed by atoms with E-state index in [0.29, 0.717) is 11.1 Å². The molecule has 11 atom stereocenters. The number of benzene rings is 3. The number of aliphatic hydroxyl groups excluding tert-OH is 7. The van der Waals surface area contributed by atoms with E-state index in [1.54, 1.807) is 12.1 Å². The molecule has 2 saturated heterocycles. The molecule has 0 amide bonds. The summed E-state index contributed by atoms with van der Waals surface area (Å²) < 4.78 is 33.1. The molecule has 3 heterocycles. The lowest BCUT2D eigenvalue weighted by Crippen LogP contribution is -2.60. The number of hydrogen-bond acceptors (Lipinski definition) is 16. The fourth-order valence-electron chi connectivity index (χ4n) is 5.90. The Balaban J connectivity index is 1.26. The third kappa shape index (κ3) is 8.33. The van der Waals surface area contributed by atoms with E-state index in [1.165, 1.54) is 54.6 Å². The van der Waals surface area contributed by atoms with Crippen LogP contribution in [0, 0.1) is 0 Å². The largest absolute Gasteiger partial charge is 0.571 e.